The Balaban J connectivity index is 1.47. The molecule has 0 spiro atoms. The number of nitrogens with zero attached hydrogens (tertiary/aromatic N) is 2. The molecular weight excluding hydrogens is 466 g/mol. The zero-order valence-electron chi connectivity index (χ0n) is 22.7. The van der Waals surface area contributed by atoms with E-state index in [0.717, 1.165) is 68.3 Å². The van der Waals surface area contributed by atoms with Crippen LogP contribution in [0, 0.1) is 16.7 Å². The predicted octanol–water partition coefficient (Wildman–Crippen LogP) is 4.90. The number of hydrogen-bond donors (Lipinski definition) is 1. The lowest BCUT2D eigenvalue weighted by Gasteiger charge is -2.39. The predicted molar refractivity (Wildman–Crippen MR) is 145 cm³/mol. The Labute approximate surface area is 221 Å². The van der Waals surface area contributed by atoms with Crippen LogP contribution in [0.3, 0.4) is 0 Å². The Morgan fingerprint density at radius 2 is 1.97 bits per heavy atom. The summed E-state index contributed by atoms with van der Waals surface area (Å²) in [5.41, 5.74) is 3.16. The standard InChI is InChI=1S/C30H41N3O4/c1-30(2,21-31)18-24-17-26(23-7-9-25(35-4)10-8-23)29(19-32-24)37-20-22-6-11-28-27(16-22)33(13-15-36-28)12-5-14-34-3/h6-11,16,24,26,29,32H,5,12-15,17-20H2,1-4H3/t24?,26?,29-/m0/s1. The Hall–Kier alpha value is -2.79. The third-order valence-electron chi connectivity index (χ3n) is 7.42. The molecule has 2 aromatic rings. The zero-order valence-corrected chi connectivity index (χ0v) is 22.7. The molecule has 0 radical (unpaired) electrons. The molecule has 0 bridgehead atoms. The van der Waals surface area contributed by atoms with Crippen molar-refractivity contribution in [3.63, 3.8) is 0 Å². The summed E-state index contributed by atoms with van der Waals surface area (Å²) in [6.45, 7) is 8.59. The van der Waals surface area contributed by atoms with Crippen molar-refractivity contribution >= 4 is 5.69 Å². The fourth-order valence-corrected chi connectivity index (χ4v) is 5.40. The molecule has 0 saturated carbocycles. The van der Waals surface area contributed by atoms with Crippen LogP contribution in [0.1, 0.15) is 50.2 Å². The van der Waals surface area contributed by atoms with Crippen molar-refractivity contribution in [1.29, 1.82) is 5.26 Å². The zero-order chi connectivity index (χ0) is 26.3. The summed E-state index contributed by atoms with van der Waals surface area (Å²) in [6.07, 6.45) is 2.75. The van der Waals surface area contributed by atoms with E-state index in [1.165, 1.54) is 5.56 Å². The molecule has 1 N–H and O–H groups in total. The molecule has 2 unspecified atom stereocenters. The van der Waals surface area contributed by atoms with Crippen LogP contribution in [0.15, 0.2) is 42.5 Å². The van der Waals surface area contributed by atoms with Crippen LogP contribution in [0.5, 0.6) is 11.5 Å². The third kappa shape index (κ3) is 7.16. The highest BCUT2D eigenvalue weighted by Crippen LogP contribution is 2.36. The number of ether oxygens (including phenoxy) is 4. The van der Waals surface area contributed by atoms with Crippen LogP contribution in [-0.4, -0.2) is 59.2 Å². The largest absolute Gasteiger partial charge is 0.497 e. The number of methoxy groups -OCH3 is 2. The van der Waals surface area contributed by atoms with Gasteiger partial charge in [-0.2, -0.15) is 5.26 Å². The molecule has 4 rings (SSSR count). The van der Waals surface area contributed by atoms with Crippen LogP contribution in [0.25, 0.3) is 0 Å². The maximum atomic E-state index is 9.56. The summed E-state index contributed by atoms with van der Waals surface area (Å²) < 4.78 is 23.1. The molecule has 37 heavy (non-hydrogen) atoms. The van der Waals surface area contributed by atoms with Crippen molar-refractivity contribution in [1.82, 2.24) is 5.32 Å². The summed E-state index contributed by atoms with van der Waals surface area (Å²) in [6, 6.07) is 17.4. The monoisotopic (exact) mass is 507 g/mol. The molecule has 7 heteroatoms. The number of anilines is 1. The van der Waals surface area contributed by atoms with E-state index in [9.17, 15) is 5.26 Å². The van der Waals surface area contributed by atoms with Gasteiger partial charge < -0.3 is 29.2 Å². The van der Waals surface area contributed by atoms with E-state index in [-0.39, 0.29) is 23.5 Å². The van der Waals surface area contributed by atoms with Gasteiger partial charge in [-0.25, -0.2) is 0 Å². The second-order valence-corrected chi connectivity index (χ2v) is 10.8. The fourth-order valence-electron chi connectivity index (χ4n) is 5.40. The van der Waals surface area contributed by atoms with E-state index in [2.05, 4.69) is 46.6 Å². The van der Waals surface area contributed by atoms with Crippen molar-refractivity contribution in [2.75, 3.05) is 52.0 Å². The van der Waals surface area contributed by atoms with Gasteiger partial charge in [0.25, 0.3) is 0 Å². The second kappa shape index (κ2) is 12.6. The van der Waals surface area contributed by atoms with E-state index >= 15 is 0 Å². The molecule has 0 aliphatic carbocycles. The maximum absolute atomic E-state index is 9.56. The van der Waals surface area contributed by atoms with E-state index in [4.69, 9.17) is 18.9 Å². The molecule has 2 aliphatic heterocycles. The van der Waals surface area contributed by atoms with E-state index in [1.54, 1.807) is 14.2 Å². The average molecular weight is 508 g/mol. The van der Waals surface area contributed by atoms with Crippen molar-refractivity contribution in [3.8, 4) is 17.6 Å². The molecule has 2 aromatic carbocycles. The Morgan fingerprint density at radius 3 is 2.70 bits per heavy atom. The summed E-state index contributed by atoms with van der Waals surface area (Å²) in [4.78, 5) is 2.38. The molecule has 0 aromatic heterocycles. The van der Waals surface area contributed by atoms with E-state index in [1.807, 2.05) is 26.0 Å². The molecule has 0 amide bonds. The number of hydrogen-bond acceptors (Lipinski definition) is 7. The molecule has 1 fully saturated rings. The maximum Gasteiger partial charge on any atom is 0.142 e. The lowest BCUT2D eigenvalue weighted by Crippen LogP contribution is -2.48. The number of piperidine rings is 1. The summed E-state index contributed by atoms with van der Waals surface area (Å²) in [5, 5.41) is 13.2. The average Bonchev–Trinajstić information content (AvgIpc) is 2.92. The first-order valence-corrected chi connectivity index (χ1v) is 13.3. The van der Waals surface area contributed by atoms with Gasteiger partial charge >= 0.3 is 0 Å². The van der Waals surface area contributed by atoms with Crippen molar-refractivity contribution in [2.45, 2.75) is 57.8 Å². The van der Waals surface area contributed by atoms with Gasteiger partial charge in [-0.15, -0.1) is 0 Å². The Morgan fingerprint density at radius 1 is 1.16 bits per heavy atom. The highest BCUT2D eigenvalue weighted by atomic mass is 16.5. The fraction of sp³-hybridized carbons (Fsp3) is 0.567. The first-order valence-electron chi connectivity index (χ1n) is 13.3. The molecule has 7 nitrogen and oxygen atoms in total. The smallest absolute Gasteiger partial charge is 0.142 e. The van der Waals surface area contributed by atoms with Crippen molar-refractivity contribution < 1.29 is 18.9 Å². The lowest BCUT2D eigenvalue weighted by molar-refractivity contribution is 0.000497. The first kappa shape index (κ1) is 27.3. The van der Waals surface area contributed by atoms with Crippen LogP contribution in [-0.2, 0) is 16.1 Å². The lowest BCUT2D eigenvalue weighted by atomic mass is 9.78. The highest BCUT2D eigenvalue weighted by Gasteiger charge is 2.35. The van der Waals surface area contributed by atoms with Crippen molar-refractivity contribution in [3.05, 3.63) is 53.6 Å². The molecule has 200 valence electrons. The molecule has 2 heterocycles. The topological polar surface area (TPSA) is 76.0 Å². The minimum Gasteiger partial charge on any atom is -0.497 e. The van der Waals surface area contributed by atoms with Crippen LogP contribution < -0.4 is 19.7 Å². The Bertz CT molecular complexity index is 1050. The SMILES string of the molecule is COCCCN1CCOc2ccc(CO[C@H]3CNC(CC(C)(C)C#N)CC3c3ccc(OC)cc3)cc21. The minimum absolute atomic E-state index is 0.0277. The van der Waals surface area contributed by atoms with Gasteiger partial charge in [0.15, 0.2) is 0 Å². The van der Waals surface area contributed by atoms with Gasteiger partial charge in [-0.3, -0.25) is 0 Å². The summed E-state index contributed by atoms with van der Waals surface area (Å²) in [5.74, 6) is 2.02. The van der Waals surface area contributed by atoms with Gasteiger partial charge in [0, 0.05) is 38.8 Å². The van der Waals surface area contributed by atoms with Gasteiger partial charge in [-0.1, -0.05) is 18.2 Å². The van der Waals surface area contributed by atoms with E-state index in [0.29, 0.717) is 13.2 Å². The van der Waals surface area contributed by atoms with Gasteiger partial charge in [0.1, 0.15) is 18.1 Å². The number of fused-ring (bicyclic) bond motifs is 1. The van der Waals surface area contributed by atoms with E-state index < -0.39 is 0 Å². The first-order chi connectivity index (χ1) is 17.9. The van der Waals surface area contributed by atoms with Gasteiger partial charge in [0.05, 0.1) is 43.5 Å². The molecule has 2 aliphatic rings. The summed E-state index contributed by atoms with van der Waals surface area (Å²) in [7, 11) is 3.43. The van der Waals surface area contributed by atoms with Gasteiger partial charge in [0.2, 0.25) is 0 Å². The minimum atomic E-state index is -0.365. The Kier molecular flexibility index (Phi) is 9.31. The van der Waals surface area contributed by atoms with Crippen molar-refractivity contribution in [2.24, 2.45) is 5.41 Å². The van der Waals surface area contributed by atoms with Crippen LogP contribution in [0.4, 0.5) is 5.69 Å². The van der Waals surface area contributed by atoms with Gasteiger partial charge in [-0.05, 0) is 68.5 Å². The van der Waals surface area contributed by atoms with Crippen LogP contribution in [0.2, 0.25) is 0 Å². The number of rotatable bonds is 11. The molecular formula is C30H41N3O4. The summed E-state index contributed by atoms with van der Waals surface area (Å²) >= 11 is 0. The number of benzene rings is 2. The van der Waals surface area contributed by atoms with Crippen LogP contribution >= 0.6 is 0 Å². The highest BCUT2D eigenvalue weighted by molar-refractivity contribution is 5.61. The molecule has 1 saturated heterocycles. The number of nitriles is 1. The molecule has 3 atom stereocenters. The quantitative estimate of drug-likeness (QED) is 0.434. The second-order valence-electron chi connectivity index (χ2n) is 10.8. The third-order valence-corrected chi connectivity index (χ3v) is 7.42. The normalized spacial score (nSPS) is 21.6. The number of nitrogens with one attached hydrogen (secondary N) is 1.